The van der Waals surface area contributed by atoms with Crippen molar-refractivity contribution in [2.24, 2.45) is 9.98 Å². The van der Waals surface area contributed by atoms with Gasteiger partial charge in [0.1, 0.15) is 11.4 Å². The molecule has 0 N–H and O–H groups in total. The molecular weight excluding hydrogens is 260 g/mol. The first-order chi connectivity index (χ1) is 10.4. The number of rotatable bonds is 1. The summed E-state index contributed by atoms with van der Waals surface area (Å²) in [6, 6.07) is 17.8. The summed E-state index contributed by atoms with van der Waals surface area (Å²) in [4.78, 5) is 9.48. The quantitative estimate of drug-likeness (QED) is 0.748. The molecular formula is C18H14N2O. The van der Waals surface area contributed by atoms with Gasteiger partial charge in [0, 0.05) is 0 Å². The van der Waals surface area contributed by atoms with Gasteiger partial charge in [0.05, 0.1) is 11.4 Å². The molecule has 0 bridgehead atoms. The molecule has 0 radical (unpaired) electrons. The topological polar surface area (TPSA) is 34.0 Å². The van der Waals surface area contributed by atoms with Crippen molar-refractivity contribution in [2.75, 3.05) is 0 Å². The summed E-state index contributed by atoms with van der Waals surface area (Å²) in [5, 5.41) is 0. The van der Waals surface area contributed by atoms with E-state index in [-0.39, 0.29) is 0 Å². The lowest BCUT2D eigenvalue weighted by Gasteiger charge is -2.23. The summed E-state index contributed by atoms with van der Waals surface area (Å²) >= 11 is 0. The van der Waals surface area contributed by atoms with Crippen LogP contribution in [0, 0.1) is 0 Å². The maximum Gasteiger partial charge on any atom is 0.153 e. The molecule has 1 aliphatic carbocycles. The molecule has 2 aromatic carbocycles. The van der Waals surface area contributed by atoms with Gasteiger partial charge in [0.2, 0.25) is 0 Å². The van der Waals surface area contributed by atoms with Gasteiger partial charge in [-0.15, -0.1) is 0 Å². The van der Waals surface area contributed by atoms with Gasteiger partial charge in [0.25, 0.3) is 0 Å². The van der Waals surface area contributed by atoms with E-state index in [9.17, 15) is 0 Å². The molecule has 0 fully saturated rings. The summed E-state index contributed by atoms with van der Waals surface area (Å²) in [6.45, 7) is 0. The van der Waals surface area contributed by atoms with E-state index in [2.05, 4.69) is 6.08 Å². The molecule has 3 nitrogen and oxygen atoms in total. The fraction of sp³-hybridized carbons (Fsp3) is 0.111. The summed E-state index contributed by atoms with van der Waals surface area (Å²) in [6.07, 6.45) is 3.92. The molecule has 1 heterocycles. The second kappa shape index (κ2) is 5.02. The van der Waals surface area contributed by atoms with Crippen LogP contribution in [0.3, 0.4) is 0 Å². The largest absolute Gasteiger partial charge is 0.453 e. The summed E-state index contributed by atoms with van der Waals surface area (Å²) in [5.74, 6) is 1.64. The zero-order valence-electron chi connectivity index (χ0n) is 11.5. The number of hydrogen-bond acceptors (Lipinski definition) is 3. The van der Waals surface area contributed by atoms with E-state index in [1.807, 2.05) is 54.6 Å². The Morgan fingerprint density at radius 2 is 1.76 bits per heavy atom. The van der Waals surface area contributed by atoms with Crippen LogP contribution in [0.25, 0.3) is 0 Å². The molecule has 0 unspecified atom stereocenters. The Bertz CT molecular complexity index is 773. The number of aliphatic imine (C=N–C) groups is 2. The van der Waals surface area contributed by atoms with Crippen molar-refractivity contribution >= 4 is 22.8 Å². The van der Waals surface area contributed by atoms with Gasteiger partial charge in [0.15, 0.2) is 11.5 Å². The molecule has 102 valence electrons. The Labute approximate surface area is 123 Å². The van der Waals surface area contributed by atoms with Crippen LogP contribution in [0.1, 0.15) is 12.8 Å². The molecule has 1 aliphatic heterocycles. The minimum atomic E-state index is 0.813. The minimum absolute atomic E-state index is 0.813. The predicted octanol–water partition coefficient (Wildman–Crippen LogP) is 4.60. The van der Waals surface area contributed by atoms with Crippen molar-refractivity contribution in [1.29, 1.82) is 0 Å². The third-order valence-corrected chi connectivity index (χ3v) is 3.56. The highest BCUT2D eigenvalue weighted by molar-refractivity contribution is 6.49. The Hall–Kier alpha value is -2.68. The number of hydrogen-bond donors (Lipinski definition) is 0. The van der Waals surface area contributed by atoms with Gasteiger partial charge in [-0.25, -0.2) is 4.99 Å². The van der Waals surface area contributed by atoms with Gasteiger partial charge >= 0.3 is 0 Å². The number of ether oxygens (including phenoxy) is 1. The highest BCUT2D eigenvalue weighted by Crippen LogP contribution is 2.35. The lowest BCUT2D eigenvalue weighted by atomic mass is 10.00. The van der Waals surface area contributed by atoms with Crippen molar-refractivity contribution in [2.45, 2.75) is 12.8 Å². The maximum atomic E-state index is 5.95. The molecule has 21 heavy (non-hydrogen) atoms. The molecule has 0 amide bonds. The van der Waals surface area contributed by atoms with Crippen molar-refractivity contribution in [3.63, 3.8) is 0 Å². The number of allylic oxidation sites excluding steroid dienone is 2. The molecule has 0 spiro atoms. The average Bonchev–Trinajstić information content (AvgIpc) is 2.54. The van der Waals surface area contributed by atoms with Crippen molar-refractivity contribution in [1.82, 2.24) is 0 Å². The van der Waals surface area contributed by atoms with Gasteiger partial charge in [-0.3, -0.25) is 4.99 Å². The maximum absolute atomic E-state index is 5.95. The molecule has 3 heteroatoms. The van der Waals surface area contributed by atoms with Crippen LogP contribution in [-0.4, -0.2) is 11.4 Å². The second-order valence-corrected chi connectivity index (χ2v) is 5.03. The average molecular weight is 274 g/mol. The highest BCUT2D eigenvalue weighted by Gasteiger charge is 2.25. The van der Waals surface area contributed by atoms with E-state index in [0.29, 0.717) is 0 Å². The van der Waals surface area contributed by atoms with E-state index >= 15 is 0 Å². The van der Waals surface area contributed by atoms with E-state index < -0.39 is 0 Å². The smallest absolute Gasteiger partial charge is 0.153 e. The molecule has 0 saturated heterocycles. The normalized spacial score (nSPS) is 18.2. The Kier molecular flexibility index (Phi) is 2.89. The lowest BCUT2D eigenvalue weighted by Crippen LogP contribution is -2.25. The monoisotopic (exact) mass is 274 g/mol. The summed E-state index contributed by atoms with van der Waals surface area (Å²) in [5.41, 5.74) is 3.68. The van der Waals surface area contributed by atoms with Gasteiger partial charge in [-0.05, 0) is 43.2 Å². The fourth-order valence-electron chi connectivity index (χ4n) is 2.55. The van der Waals surface area contributed by atoms with E-state index in [1.54, 1.807) is 0 Å². The fourth-order valence-corrected chi connectivity index (χ4v) is 2.55. The third kappa shape index (κ3) is 2.27. The molecule has 2 aliphatic rings. The Balaban J connectivity index is 1.80. The molecule has 0 atom stereocenters. The Morgan fingerprint density at radius 3 is 2.67 bits per heavy atom. The molecule has 4 rings (SSSR count). The highest BCUT2D eigenvalue weighted by atomic mass is 16.5. The number of fused-ring (bicyclic) bond motifs is 2. The third-order valence-electron chi connectivity index (χ3n) is 3.56. The minimum Gasteiger partial charge on any atom is -0.453 e. The molecule has 0 aromatic heterocycles. The van der Waals surface area contributed by atoms with Crippen molar-refractivity contribution < 1.29 is 4.74 Å². The number of nitrogens with zero attached hydrogens (tertiary/aromatic N) is 2. The van der Waals surface area contributed by atoms with Crippen LogP contribution in [0.15, 0.2) is 76.4 Å². The van der Waals surface area contributed by atoms with Crippen LogP contribution in [0.5, 0.6) is 5.75 Å². The predicted molar refractivity (Wildman–Crippen MR) is 85.0 cm³/mol. The van der Waals surface area contributed by atoms with Crippen LogP contribution in [0.4, 0.5) is 11.4 Å². The molecule has 2 aromatic rings. The zero-order chi connectivity index (χ0) is 14.1. The number of para-hydroxylation sites is 3. The van der Waals surface area contributed by atoms with Gasteiger partial charge < -0.3 is 4.74 Å². The zero-order valence-corrected chi connectivity index (χ0v) is 11.5. The van der Waals surface area contributed by atoms with Crippen LogP contribution in [0.2, 0.25) is 0 Å². The van der Waals surface area contributed by atoms with Crippen molar-refractivity contribution in [3.8, 4) is 5.75 Å². The number of benzene rings is 2. The Morgan fingerprint density at radius 1 is 0.952 bits per heavy atom. The molecule has 0 saturated carbocycles. The first-order valence-corrected chi connectivity index (χ1v) is 7.09. The summed E-state index contributed by atoms with van der Waals surface area (Å²) < 4.78 is 5.95. The van der Waals surface area contributed by atoms with Crippen LogP contribution < -0.4 is 4.74 Å². The van der Waals surface area contributed by atoms with Crippen LogP contribution >= 0.6 is 0 Å². The summed E-state index contributed by atoms with van der Waals surface area (Å²) in [7, 11) is 0. The SMILES string of the molecule is C1=C2Oc3ccccc3N=C2C(=Nc2ccccc2)CC1. The lowest BCUT2D eigenvalue weighted by molar-refractivity contribution is 0.447. The first kappa shape index (κ1) is 12.1. The second-order valence-electron chi connectivity index (χ2n) is 5.03. The van der Waals surface area contributed by atoms with E-state index in [0.717, 1.165) is 47.1 Å². The van der Waals surface area contributed by atoms with E-state index in [1.165, 1.54) is 0 Å². The van der Waals surface area contributed by atoms with E-state index in [4.69, 9.17) is 14.7 Å². The van der Waals surface area contributed by atoms with Crippen LogP contribution in [-0.2, 0) is 0 Å². The van der Waals surface area contributed by atoms with Gasteiger partial charge in [-0.2, -0.15) is 0 Å². The first-order valence-electron chi connectivity index (χ1n) is 7.09. The van der Waals surface area contributed by atoms with Crippen molar-refractivity contribution in [3.05, 3.63) is 66.4 Å². The van der Waals surface area contributed by atoms with Gasteiger partial charge in [-0.1, -0.05) is 30.3 Å². The standard InChI is InChI=1S/C18H14N2O/c1-2-7-13(8-3-1)19-15-10-6-12-17-18(15)20-14-9-4-5-11-16(14)21-17/h1-5,7-9,11-12H,6,10H2.